The second kappa shape index (κ2) is 5.77. The first-order chi connectivity index (χ1) is 11.8. The van der Waals surface area contributed by atoms with E-state index >= 15 is 0 Å². The van der Waals surface area contributed by atoms with Crippen LogP contribution in [0.4, 0.5) is 4.79 Å². The van der Waals surface area contributed by atoms with Crippen LogP contribution >= 0.6 is 0 Å². The lowest BCUT2D eigenvalue weighted by Gasteiger charge is -2.35. The van der Waals surface area contributed by atoms with E-state index in [1.807, 2.05) is 0 Å². The topological polar surface area (TPSA) is 138 Å². The van der Waals surface area contributed by atoms with Crippen LogP contribution in [0.3, 0.4) is 0 Å². The first kappa shape index (κ1) is 17.0. The van der Waals surface area contributed by atoms with Gasteiger partial charge in [0.2, 0.25) is 0 Å². The molecule has 4 fully saturated rings. The van der Waals surface area contributed by atoms with Crippen molar-refractivity contribution in [2.45, 2.75) is 43.9 Å². The minimum Gasteiger partial charge on any atom is -0.314 e. The van der Waals surface area contributed by atoms with Crippen LogP contribution in [0, 0.1) is 5.41 Å². The maximum Gasteiger partial charge on any atom is 0.418 e. The average molecular weight is 376 g/mol. The highest BCUT2D eigenvalue weighted by atomic mass is 32.3. The summed E-state index contributed by atoms with van der Waals surface area (Å²) in [5.41, 5.74) is 2.07. The molecule has 3 saturated heterocycles. The lowest BCUT2D eigenvalue weighted by Crippen LogP contribution is -2.53. The highest BCUT2D eigenvalue weighted by molar-refractivity contribution is 7.80. The van der Waals surface area contributed by atoms with E-state index in [2.05, 4.69) is 15.1 Å². The molecular weight excluding hydrogens is 356 g/mol. The summed E-state index contributed by atoms with van der Waals surface area (Å²) >= 11 is 0. The number of hydrogen-bond donors (Lipinski definition) is 3. The number of hydrogen-bond acceptors (Lipinski definition) is 7. The first-order valence-corrected chi connectivity index (χ1v) is 9.59. The van der Waals surface area contributed by atoms with Gasteiger partial charge in [-0.2, -0.15) is 13.5 Å². The van der Waals surface area contributed by atoms with Gasteiger partial charge in [-0.05, 0) is 37.6 Å². The number of amides is 3. The molecule has 11 nitrogen and oxygen atoms in total. The van der Waals surface area contributed by atoms with Gasteiger partial charge in [0, 0.05) is 13.1 Å². The quantitative estimate of drug-likeness (QED) is 0.401. The minimum atomic E-state index is -4.81. The standard InChI is InChI=1S/C13H20N4O7S/c18-11(15-23-8-1-4-14-6-8)9-5-13(2-3-13)10-7-16(9)12(19)17(10)24-25(20,21)22/h8-10,14H,1-7H2,(H,15,18)(H,20,21,22). The molecule has 3 N–H and O–H groups in total. The van der Waals surface area contributed by atoms with Crippen molar-refractivity contribution in [3.8, 4) is 0 Å². The molecule has 1 aliphatic carbocycles. The smallest absolute Gasteiger partial charge is 0.314 e. The molecule has 0 aromatic rings. The molecule has 1 saturated carbocycles. The van der Waals surface area contributed by atoms with Gasteiger partial charge in [0.1, 0.15) is 6.04 Å². The molecule has 3 atom stereocenters. The Labute approximate surface area is 144 Å². The van der Waals surface area contributed by atoms with Crippen molar-refractivity contribution in [3.05, 3.63) is 0 Å². The third kappa shape index (κ3) is 3.08. The van der Waals surface area contributed by atoms with Gasteiger partial charge in [0.25, 0.3) is 5.91 Å². The summed E-state index contributed by atoms with van der Waals surface area (Å²) in [5, 5.41) is 3.81. The van der Waals surface area contributed by atoms with Gasteiger partial charge < -0.3 is 10.2 Å². The molecule has 140 valence electrons. The Balaban J connectivity index is 1.48. The molecule has 2 bridgehead atoms. The number of hydroxylamine groups is 3. The zero-order chi connectivity index (χ0) is 17.8. The molecule has 3 heterocycles. The SMILES string of the molecule is O=C(NOC1CCNC1)C1CC2(CC2)C2CN1C(=O)N2OS(=O)(=O)O. The minimum absolute atomic E-state index is 0.108. The van der Waals surface area contributed by atoms with Crippen LogP contribution in [0.2, 0.25) is 0 Å². The predicted octanol–water partition coefficient (Wildman–Crippen LogP) is -1.21. The van der Waals surface area contributed by atoms with Crippen LogP contribution in [0.15, 0.2) is 0 Å². The fraction of sp³-hybridized carbons (Fsp3) is 0.846. The van der Waals surface area contributed by atoms with Crippen LogP contribution < -0.4 is 10.8 Å². The predicted molar refractivity (Wildman–Crippen MR) is 80.9 cm³/mol. The van der Waals surface area contributed by atoms with E-state index < -0.39 is 34.4 Å². The van der Waals surface area contributed by atoms with Crippen LogP contribution in [0.25, 0.3) is 0 Å². The van der Waals surface area contributed by atoms with Crippen LogP contribution in [-0.4, -0.2) is 72.7 Å². The summed E-state index contributed by atoms with van der Waals surface area (Å²) in [5.74, 6) is -0.432. The number of carbonyl (C=O) groups is 2. The molecule has 12 heteroatoms. The third-order valence-corrected chi connectivity index (χ3v) is 5.83. The molecule has 3 aliphatic heterocycles. The zero-order valence-electron chi connectivity index (χ0n) is 13.4. The molecule has 3 amide bonds. The monoisotopic (exact) mass is 376 g/mol. The van der Waals surface area contributed by atoms with Crippen molar-refractivity contribution in [1.82, 2.24) is 20.8 Å². The van der Waals surface area contributed by atoms with E-state index in [0.29, 0.717) is 18.0 Å². The van der Waals surface area contributed by atoms with Gasteiger partial charge in [-0.15, -0.1) is 4.28 Å². The number of piperidine rings is 1. The maximum absolute atomic E-state index is 12.5. The number of fused-ring (bicyclic) bond motifs is 3. The summed E-state index contributed by atoms with van der Waals surface area (Å²) in [6.45, 7) is 1.65. The van der Waals surface area contributed by atoms with Crippen molar-refractivity contribution in [3.63, 3.8) is 0 Å². The van der Waals surface area contributed by atoms with Gasteiger partial charge in [-0.1, -0.05) is 0 Å². The molecule has 4 rings (SSSR count). The number of urea groups is 1. The molecule has 0 aromatic carbocycles. The zero-order valence-corrected chi connectivity index (χ0v) is 14.2. The van der Waals surface area contributed by atoms with Gasteiger partial charge in [-0.3, -0.25) is 14.2 Å². The Morgan fingerprint density at radius 2 is 2.16 bits per heavy atom. The van der Waals surface area contributed by atoms with E-state index in [-0.39, 0.29) is 18.1 Å². The second-order valence-electron chi connectivity index (χ2n) is 7.06. The molecule has 3 unspecified atom stereocenters. The number of nitrogens with zero attached hydrogens (tertiary/aromatic N) is 2. The molecule has 0 radical (unpaired) electrons. The van der Waals surface area contributed by atoms with Crippen LogP contribution in [-0.2, 0) is 24.3 Å². The first-order valence-electron chi connectivity index (χ1n) is 8.22. The second-order valence-corrected chi connectivity index (χ2v) is 8.06. The summed E-state index contributed by atoms with van der Waals surface area (Å²) in [6, 6.07) is -1.99. The highest BCUT2D eigenvalue weighted by Crippen LogP contribution is 2.59. The lowest BCUT2D eigenvalue weighted by molar-refractivity contribution is -0.143. The van der Waals surface area contributed by atoms with Crippen molar-refractivity contribution in [2.24, 2.45) is 5.41 Å². The molecular formula is C13H20N4O7S. The van der Waals surface area contributed by atoms with Crippen LogP contribution in [0.5, 0.6) is 0 Å². The van der Waals surface area contributed by atoms with Crippen molar-refractivity contribution >= 4 is 22.3 Å². The summed E-state index contributed by atoms with van der Waals surface area (Å²) in [4.78, 5) is 31.6. The fourth-order valence-electron chi connectivity index (χ4n) is 3.99. The van der Waals surface area contributed by atoms with Gasteiger partial charge >= 0.3 is 16.4 Å². The number of nitrogens with one attached hydrogen (secondary N) is 2. The maximum atomic E-state index is 12.5. The fourth-order valence-corrected chi connectivity index (χ4v) is 4.36. The Bertz CT molecular complexity index is 688. The van der Waals surface area contributed by atoms with Crippen molar-refractivity contribution < 1.29 is 31.7 Å². The largest absolute Gasteiger partial charge is 0.418 e. The van der Waals surface area contributed by atoms with Gasteiger partial charge in [-0.25, -0.2) is 10.3 Å². The Hall–Kier alpha value is -1.47. The number of rotatable bonds is 5. The van der Waals surface area contributed by atoms with Crippen molar-refractivity contribution in [2.75, 3.05) is 19.6 Å². The van der Waals surface area contributed by atoms with Crippen LogP contribution in [0.1, 0.15) is 25.7 Å². The highest BCUT2D eigenvalue weighted by Gasteiger charge is 2.65. The average Bonchev–Trinajstić information content (AvgIpc) is 3.01. The lowest BCUT2D eigenvalue weighted by atomic mass is 9.85. The molecule has 0 aromatic heterocycles. The Kier molecular flexibility index (Phi) is 3.92. The molecule has 25 heavy (non-hydrogen) atoms. The summed E-state index contributed by atoms with van der Waals surface area (Å²) in [7, 11) is -4.81. The van der Waals surface area contributed by atoms with E-state index in [1.165, 1.54) is 4.90 Å². The Morgan fingerprint density at radius 1 is 1.40 bits per heavy atom. The van der Waals surface area contributed by atoms with E-state index in [4.69, 9.17) is 9.39 Å². The van der Waals surface area contributed by atoms with Crippen molar-refractivity contribution in [1.29, 1.82) is 0 Å². The number of carbonyl (C=O) groups excluding carboxylic acids is 2. The van der Waals surface area contributed by atoms with E-state index in [1.54, 1.807) is 0 Å². The molecule has 1 spiro atoms. The third-order valence-electron chi connectivity index (χ3n) is 5.48. The van der Waals surface area contributed by atoms with Gasteiger partial charge in [0.05, 0.1) is 12.1 Å². The van der Waals surface area contributed by atoms with E-state index in [0.717, 1.165) is 25.8 Å². The summed E-state index contributed by atoms with van der Waals surface area (Å²) in [6.07, 6.45) is 2.62. The van der Waals surface area contributed by atoms with E-state index in [9.17, 15) is 18.0 Å². The Morgan fingerprint density at radius 3 is 2.76 bits per heavy atom. The summed E-state index contributed by atoms with van der Waals surface area (Å²) < 4.78 is 35.5. The molecule has 4 aliphatic rings. The van der Waals surface area contributed by atoms with Gasteiger partial charge in [0.15, 0.2) is 0 Å². The normalized spacial score (nSPS) is 33.2.